The number of carbonyl (C=O) groups excluding carboxylic acids is 2. The molecule has 0 aromatic heterocycles. The van der Waals surface area contributed by atoms with Crippen molar-refractivity contribution < 1.29 is 14.3 Å². The zero-order valence-electron chi connectivity index (χ0n) is 15.8. The molecule has 6 heteroatoms. The number of nitrogens with zero attached hydrogens (tertiary/aromatic N) is 2. The Labute approximate surface area is 159 Å². The zero-order chi connectivity index (χ0) is 19.2. The highest BCUT2D eigenvalue weighted by molar-refractivity contribution is 5.95. The van der Waals surface area contributed by atoms with Crippen LogP contribution in [0.4, 0.5) is 11.4 Å². The van der Waals surface area contributed by atoms with Crippen LogP contribution in [0.5, 0.6) is 5.75 Å². The number of hydrogen-bond acceptors (Lipinski definition) is 4. The van der Waals surface area contributed by atoms with Crippen LogP contribution >= 0.6 is 0 Å². The summed E-state index contributed by atoms with van der Waals surface area (Å²) in [5.41, 5.74) is 2.86. The minimum Gasteiger partial charge on any atom is -0.484 e. The van der Waals surface area contributed by atoms with E-state index in [1.807, 2.05) is 60.4 Å². The average molecular weight is 367 g/mol. The molecule has 0 aliphatic carbocycles. The van der Waals surface area contributed by atoms with E-state index in [1.54, 1.807) is 6.92 Å². The molecule has 0 bridgehead atoms. The predicted molar refractivity (Wildman–Crippen MR) is 106 cm³/mol. The van der Waals surface area contributed by atoms with E-state index < -0.39 is 0 Å². The SMILES string of the molecule is CC(=O)N1CCN(c2ccccc2NC(=O)COc2ccc(C)cc2)CC1. The summed E-state index contributed by atoms with van der Waals surface area (Å²) in [7, 11) is 0. The van der Waals surface area contributed by atoms with Gasteiger partial charge in [0, 0.05) is 33.1 Å². The minimum atomic E-state index is -0.203. The lowest BCUT2D eigenvalue weighted by Gasteiger charge is -2.36. The van der Waals surface area contributed by atoms with Crippen LogP contribution in [0.1, 0.15) is 12.5 Å². The van der Waals surface area contributed by atoms with Crippen molar-refractivity contribution in [2.45, 2.75) is 13.8 Å². The molecular formula is C21H25N3O3. The molecule has 2 amide bonds. The van der Waals surface area contributed by atoms with Crippen LogP contribution in [0.3, 0.4) is 0 Å². The van der Waals surface area contributed by atoms with Crippen LogP contribution in [-0.2, 0) is 9.59 Å². The average Bonchev–Trinajstić information content (AvgIpc) is 2.68. The van der Waals surface area contributed by atoms with E-state index in [4.69, 9.17) is 4.74 Å². The fourth-order valence-electron chi connectivity index (χ4n) is 3.09. The van der Waals surface area contributed by atoms with Crippen molar-refractivity contribution in [3.05, 3.63) is 54.1 Å². The Morgan fingerprint density at radius 2 is 1.67 bits per heavy atom. The lowest BCUT2D eigenvalue weighted by atomic mass is 10.2. The van der Waals surface area contributed by atoms with E-state index in [-0.39, 0.29) is 18.4 Å². The van der Waals surface area contributed by atoms with Gasteiger partial charge < -0.3 is 19.9 Å². The molecule has 142 valence electrons. The maximum atomic E-state index is 12.3. The van der Waals surface area contributed by atoms with Gasteiger partial charge in [-0.25, -0.2) is 0 Å². The molecule has 6 nitrogen and oxygen atoms in total. The number of anilines is 2. The maximum Gasteiger partial charge on any atom is 0.262 e. The van der Waals surface area contributed by atoms with Gasteiger partial charge in [-0.3, -0.25) is 9.59 Å². The maximum absolute atomic E-state index is 12.3. The summed E-state index contributed by atoms with van der Waals surface area (Å²) < 4.78 is 5.55. The molecule has 0 unspecified atom stereocenters. The number of aryl methyl sites for hydroxylation is 1. The lowest BCUT2D eigenvalue weighted by molar-refractivity contribution is -0.129. The van der Waals surface area contributed by atoms with E-state index in [0.717, 1.165) is 30.0 Å². The van der Waals surface area contributed by atoms with Gasteiger partial charge in [0.1, 0.15) is 5.75 Å². The van der Waals surface area contributed by atoms with Gasteiger partial charge in [0.15, 0.2) is 6.61 Å². The summed E-state index contributed by atoms with van der Waals surface area (Å²) in [6.07, 6.45) is 0. The molecule has 0 saturated carbocycles. The van der Waals surface area contributed by atoms with Gasteiger partial charge in [-0.15, -0.1) is 0 Å². The quantitative estimate of drug-likeness (QED) is 0.883. The third kappa shape index (κ3) is 5.00. The Morgan fingerprint density at radius 3 is 2.33 bits per heavy atom. The largest absolute Gasteiger partial charge is 0.484 e. The molecule has 27 heavy (non-hydrogen) atoms. The molecule has 0 atom stereocenters. The fourth-order valence-corrected chi connectivity index (χ4v) is 3.09. The summed E-state index contributed by atoms with van der Waals surface area (Å²) in [5, 5.41) is 2.94. The van der Waals surface area contributed by atoms with Crippen molar-refractivity contribution >= 4 is 23.2 Å². The molecular weight excluding hydrogens is 342 g/mol. The topological polar surface area (TPSA) is 61.9 Å². The Morgan fingerprint density at radius 1 is 1.00 bits per heavy atom. The Balaban J connectivity index is 1.59. The first kappa shape index (κ1) is 18.8. The fraction of sp³-hybridized carbons (Fsp3) is 0.333. The van der Waals surface area contributed by atoms with Crippen LogP contribution in [0, 0.1) is 6.92 Å². The van der Waals surface area contributed by atoms with Crippen molar-refractivity contribution in [1.82, 2.24) is 4.90 Å². The van der Waals surface area contributed by atoms with Crippen LogP contribution in [0.2, 0.25) is 0 Å². The molecule has 0 radical (unpaired) electrons. The van der Waals surface area contributed by atoms with Gasteiger partial charge in [-0.2, -0.15) is 0 Å². The predicted octanol–water partition coefficient (Wildman–Crippen LogP) is 2.68. The van der Waals surface area contributed by atoms with Crippen molar-refractivity contribution in [3.63, 3.8) is 0 Å². The first-order chi connectivity index (χ1) is 13.0. The molecule has 1 aliphatic rings. The summed E-state index contributed by atoms with van der Waals surface area (Å²) in [6.45, 7) is 6.41. The van der Waals surface area contributed by atoms with E-state index in [9.17, 15) is 9.59 Å². The van der Waals surface area contributed by atoms with E-state index in [1.165, 1.54) is 0 Å². The summed E-state index contributed by atoms with van der Waals surface area (Å²) in [4.78, 5) is 27.9. The van der Waals surface area contributed by atoms with E-state index in [0.29, 0.717) is 18.8 Å². The number of piperazine rings is 1. The van der Waals surface area contributed by atoms with Crippen LogP contribution in [0.25, 0.3) is 0 Å². The molecule has 2 aromatic carbocycles. The number of amides is 2. The summed E-state index contributed by atoms with van der Waals surface area (Å²) >= 11 is 0. The van der Waals surface area contributed by atoms with Gasteiger partial charge in [-0.05, 0) is 31.2 Å². The first-order valence-corrected chi connectivity index (χ1v) is 9.12. The monoisotopic (exact) mass is 367 g/mol. The van der Waals surface area contributed by atoms with E-state index in [2.05, 4.69) is 10.2 Å². The van der Waals surface area contributed by atoms with Crippen molar-refractivity contribution in [2.75, 3.05) is 43.0 Å². The Kier molecular flexibility index (Phi) is 5.96. The smallest absolute Gasteiger partial charge is 0.262 e. The second-order valence-electron chi connectivity index (χ2n) is 6.66. The van der Waals surface area contributed by atoms with Gasteiger partial charge >= 0.3 is 0 Å². The number of benzene rings is 2. The highest BCUT2D eigenvalue weighted by Gasteiger charge is 2.21. The number of rotatable bonds is 5. The number of ether oxygens (including phenoxy) is 1. The standard InChI is InChI=1S/C21H25N3O3/c1-16-7-9-18(10-8-16)27-15-21(26)22-19-5-3-4-6-20(19)24-13-11-23(12-14-24)17(2)25/h3-10H,11-15H2,1-2H3,(H,22,26). The third-order valence-electron chi connectivity index (χ3n) is 4.63. The highest BCUT2D eigenvalue weighted by Crippen LogP contribution is 2.26. The zero-order valence-corrected chi connectivity index (χ0v) is 15.8. The first-order valence-electron chi connectivity index (χ1n) is 9.12. The Hall–Kier alpha value is -3.02. The molecule has 0 spiro atoms. The van der Waals surface area contributed by atoms with Crippen molar-refractivity contribution in [3.8, 4) is 5.75 Å². The van der Waals surface area contributed by atoms with Gasteiger partial charge in [0.25, 0.3) is 5.91 Å². The van der Waals surface area contributed by atoms with Crippen LogP contribution < -0.4 is 15.0 Å². The number of nitrogens with one attached hydrogen (secondary N) is 1. The van der Waals surface area contributed by atoms with Gasteiger partial charge in [0.2, 0.25) is 5.91 Å². The summed E-state index contributed by atoms with van der Waals surface area (Å²) in [6, 6.07) is 15.3. The van der Waals surface area contributed by atoms with Gasteiger partial charge in [0.05, 0.1) is 11.4 Å². The molecule has 1 fully saturated rings. The second kappa shape index (κ2) is 8.58. The van der Waals surface area contributed by atoms with Gasteiger partial charge in [-0.1, -0.05) is 29.8 Å². The minimum absolute atomic E-state index is 0.0461. The Bertz CT molecular complexity index is 797. The lowest BCUT2D eigenvalue weighted by Crippen LogP contribution is -2.48. The molecule has 3 rings (SSSR count). The molecule has 1 aliphatic heterocycles. The second-order valence-corrected chi connectivity index (χ2v) is 6.66. The molecule has 2 aromatic rings. The van der Waals surface area contributed by atoms with Crippen molar-refractivity contribution in [2.24, 2.45) is 0 Å². The molecule has 1 heterocycles. The van der Waals surface area contributed by atoms with Crippen molar-refractivity contribution in [1.29, 1.82) is 0 Å². The van der Waals surface area contributed by atoms with Crippen LogP contribution in [-0.4, -0.2) is 49.5 Å². The van der Waals surface area contributed by atoms with Crippen LogP contribution in [0.15, 0.2) is 48.5 Å². The van der Waals surface area contributed by atoms with E-state index >= 15 is 0 Å². The number of hydrogen-bond donors (Lipinski definition) is 1. The number of para-hydroxylation sites is 2. The third-order valence-corrected chi connectivity index (χ3v) is 4.63. The summed E-state index contributed by atoms with van der Waals surface area (Å²) in [5.74, 6) is 0.569. The number of carbonyl (C=O) groups is 2. The molecule has 1 N–H and O–H groups in total. The molecule has 1 saturated heterocycles. The highest BCUT2D eigenvalue weighted by atomic mass is 16.5. The normalized spacial score (nSPS) is 14.0.